The van der Waals surface area contributed by atoms with E-state index in [4.69, 9.17) is 18.9 Å². The zero-order chi connectivity index (χ0) is 16.8. The zero-order valence-corrected chi connectivity index (χ0v) is 14.8. The minimum absolute atomic E-state index is 0.351. The average Bonchev–Trinajstić information content (AvgIpc) is 3.28. The van der Waals surface area contributed by atoms with E-state index in [1.807, 2.05) is 12.1 Å². The van der Waals surface area contributed by atoms with Crippen LogP contribution in [0.25, 0.3) is 0 Å². The Bertz CT molecular complexity index is 492. The van der Waals surface area contributed by atoms with Crippen LogP contribution in [0.5, 0.6) is 11.5 Å². The number of hydrogen-bond donors (Lipinski definition) is 0. The quantitative estimate of drug-likeness (QED) is 0.730. The normalized spacial score (nSPS) is 23.8. The molecule has 0 aliphatic carbocycles. The molecule has 134 valence electrons. The topological polar surface area (TPSA) is 40.2 Å². The summed E-state index contributed by atoms with van der Waals surface area (Å²) in [5.41, 5.74) is 1.16. The van der Waals surface area contributed by atoms with Crippen LogP contribution < -0.4 is 9.47 Å². The first kappa shape index (κ1) is 17.5. The number of para-hydroxylation sites is 1. The fourth-order valence-corrected chi connectivity index (χ4v) is 3.69. The molecule has 2 heterocycles. The van der Waals surface area contributed by atoms with E-state index >= 15 is 0 Å². The van der Waals surface area contributed by atoms with E-state index in [0.717, 1.165) is 69.4 Å². The summed E-state index contributed by atoms with van der Waals surface area (Å²) in [5, 5.41) is 0. The minimum Gasteiger partial charge on any atom is -0.493 e. The fourth-order valence-electron chi connectivity index (χ4n) is 3.69. The van der Waals surface area contributed by atoms with Crippen molar-refractivity contribution in [1.29, 1.82) is 0 Å². The molecule has 2 atom stereocenters. The SMILES string of the molecule is COc1cccc(CN(CC2CCOC2)CC2CCCO2)c1OC. The molecule has 2 fully saturated rings. The number of benzene rings is 1. The number of nitrogens with zero attached hydrogens (tertiary/aromatic N) is 1. The summed E-state index contributed by atoms with van der Waals surface area (Å²) in [6.07, 6.45) is 3.83. The van der Waals surface area contributed by atoms with Crippen LogP contribution in [0.3, 0.4) is 0 Å². The Morgan fingerprint density at radius 2 is 2.04 bits per heavy atom. The number of ether oxygens (including phenoxy) is 4. The van der Waals surface area contributed by atoms with Gasteiger partial charge in [0, 0.05) is 38.4 Å². The van der Waals surface area contributed by atoms with Crippen molar-refractivity contribution in [2.75, 3.05) is 47.1 Å². The van der Waals surface area contributed by atoms with Crippen LogP contribution in [0.15, 0.2) is 18.2 Å². The minimum atomic E-state index is 0.351. The Hall–Kier alpha value is -1.30. The maximum atomic E-state index is 5.86. The van der Waals surface area contributed by atoms with Crippen molar-refractivity contribution < 1.29 is 18.9 Å². The monoisotopic (exact) mass is 335 g/mol. The Morgan fingerprint density at radius 1 is 1.12 bits per heavy atom. The summed E-state index contributed by atoms with van der Waals surface area (Å²) < 4.78 is 22.5. The van der Waals surface area contributed by atoms with Crippen LogP contribution in [0.4, 0.5) is 0 Å². The Kier molecular flexibility index (Phi) is 6.35. The van der Waals surface area contributed by atoms with Gasteiger partial charge >= 0.3 is 0 Å². The van der Waals surface area contributed by atoms with Crippen molar-refractivity contribution in [2.45, 2.75) is 31.9 Å². The predicted molar refractivity (Wildman–Crippen MR) is 92.7 cm³/mol. The molecule has 2 saturated heterocycles. The first-order valence-electron chi connectivity index (χ1n) is 8.91. The highest BCUT2D eigenvalue weighted by Gasteiger charge is 2.25. The van der Waals surface area contributed by atoms with Crippen molar-refractivity contribution >= 4 is 0 Å². The van der Waals surface area contributed by atoms with E-state index in [-0.39, 0.29) is 0 Å². The molecule has 2 unspecified atom stereocenters. The molecular formula is C19H29NO4. The molecule has 1 aromatic carbocycles. The summed E-state index contributed by atoms with van der Waals surface area (Å²) >= 11 is 0. The highest BCUT2D eigenvalue weighted by molar-refractivity contribution is 5.46. The Morgan fingerprint density at radius 3 is 2.71 bits per heavy atom. The molecule has 1 aromatic rings. The Labute approximate surface area is 144 Å². The van der Waals surface area contributed by atoms with Crippen LogP contribution in [-0.4, -0.2) is 58.1 Å². The van der Waals surface area contributed by atoms with Crippen molar-refractivity contribution in [3.63, 3.8) is 0 Å². The van der Waals surface area contributed by atoms with Gasteiger partial charge in [-0.1, -0.05) is 12.1 Å². The molecule has 0 saturated carbocycles. The molecule has 5 nitrogen and oxygen atoms in total. The van der Waals surface area contributed by atoms with Gasteiger partial charge in [-0.05, 0) is 31.2 Å². The highest BCUT2D eigenvalue weighted by Crippen LogP contribution is 2.32. The van der Waals surface area contributed by atoms with Gasteiger partial charge in [0.25, 0.3) is 0 Å². The summed E-state index contributed by atoms with van der Waals surface area (Å²) in [7, 11) is 3.39. The number of rotatable bonds is 8. The second-order valence-corrected chi connectivity index (χ2v) is 6.71. The molecule has 24 heavy (non-hydrogen) atoms. The standard InChI is InChI=1S/C19H29NO4/c1-21-18-7-3-5-16(19(18)22-2)12-20(11-15-8-10-23-14-15)13-17-6-4-9-24-17/h3,5,7,15,17H,4,6,8-14H2,1-2H3. The first-order chi connectivity index (χ1) is 11.8. The van der Waals surface area contributed by atoms with Gasteiger partial charge < -0.3 is 18.9 Å². The van der Waals surface area contributed by atoms with Gasteiger partial charge in [0.05, 0.1) is 26.9 Å². The maximum absolute atomic E-state index is 5.86. The molecule has 5 heteroatoms. The van der Waals surface area contributed by atoms with Gasteiger partial charge in [0.1, 0.15) is 0 Å². The highest BCUT2D eigenvalue weighted by atomic mass is 16.5. The molecule has 0 amide bonds. The Balaban J connectivity index is 1.72. The van der Waals surface area contributed by atoms with Crippen LogP contribution in [-0.2, 0) is 16.0 Å². The third kappa shape index (κ3) is 4.41. The second kappa shape index (κ2) is 8.70. The molecule has 3 rings (SSSR count). The van der Waals surface area contributed by atoms with E-state index in [0.29, 0.717) is 12.0 Å². The fraction of sp³-hybridized carbons (Fsp3) is 0.684. The summed E-state index contributed by atoms with van der Waals surface area (Å²) in [4.78, 5) is 2.49. The lowest BCUT2D eigenvalue weighted by molar-refractivity contribution is 0.0628. The summed E-state index contributed by atoms with van der Waals surface area (Å²) in [5.74, 6) is 2.24. The number of methoxy groups -OCH3 is 2. The molecule has 0 aromatic heterocycles. The van der Waals surface area contributed by atoms with Gasteiger partial charge in [-0.3, -0.25) is 4.90 Å². The van der Waals surface area contributed by atoms with Crippen molar-refractivity contribution in [2.24, 2.45) is 5.92 Å². The molecule has 0 radical (unpaired) electrons. The zero-order valence-electron chi connectivity index (χ0n) is 14.8. The lowest BCUT2D eigenvalue weighted by atomic mass is 10.1. The molecular weight excluding hydrogens is 306 g/mol. The van der Waals surface area contributed by atoms with E-state index < -0.39 is 0 Å². The lowest BCUT2D eigenvalue weighted by Gasteiger charge is -2.28. The largest absolute Gasteiger partial charge is 0.493 e. The van der Waals surface area contributed by atoms with Gasteiger partial charge in [0.15, 0.2) is 11.5 Å². The van der Waals surface area contributed by atoms with Gasteiger partial charge in [-0.15, -0.1) is 0 Å². The van der Waals surface area contributed by atoms with Crippen LogP contribution >= 0.6 is 0 Å². The molecule has 0 bridgehead atoms. The summed E-state index contributed by atoms with van der Waals surface area (Å²) in [6.45, 7) is 5.51. The number of hydrogen-bond acceptors (Lipinski definition) is 5. The van der Waals surface area contributed by atoms with Gasteiger partial charge in [-0.2, -0.15) is 0 Å². The van der Waals surface area contributed by atoms with E-state index in [1.54, 1.807) is 14.2 Å². The maximum Gasteiger partial charge on any atom is 0.165 e. The van der Waals surface area contributed by atoms with E-state index in [2.05, 4.69) is 11.0 Å². The molecule has 2 aliphatic rings. The molecule has 2 aliphatic heterocycles. The van der Waals surface area contributed by atoms with Gasteiger partial charge in [-0.25, -0.2) is 0 Å². The molecule has 0 N–H and O–H groups in total. The third-order valence-electron chi connectivity index (χ3n) is 4.90. The first-order valence-corrected chi connectivity index (χ1v) is 8.91. The lowest BCUT2D eigenvalue weighted by Crippen LogP contribution is -2.36. The third-order valence-corrected chi connectivity index (χ3v) is 4.90. The van der Waals surface area contributed by atoms with Crippen molar-refractivity contribution in [3.05, 3.63) is 23.8 Å². The predicted octanol–water partition coefficient (Wildman–Crippen LogP) is 2.72. The van der Waals surface area contributed by atoms with Gasteiger partial charge in [0.2, 0.25) is 0 Å². The van der Waals surface area contributed by atoms with E-state index in [1.165, 1.54) is 6.42 Å². The van der Waals surface area contributed by atoms with E-state index in [9.17, 15) is 0 Å². The smallest absolute Gasteiger partial charge is 0.165 e. The van der Waals surface area contributed by atoms with Crippen molar-refractivity contribution in [3.8, 4) is 11.5 Å². The van der Waals surface area contributed by atoms with Crippen LogP contribution in [0.1, 0.15) is 24.8 Å². The van der Waals surface area contributed by atoms with Crippen molar-refractivity contribution in [1.82, 2.24) is 4.90 Å². The van der Waals surface area contributed by atoms with Crippen LogP contribution in [0.2, 0.25) is 0 Å². The second-order valence-electron chi connectivity index (χ2n) is 6.71. The van der Waals surface area contributed by atoms with Crippen LogP contribution in [0, 0.1) is 5.92 Å². The molecule has 0 spiro atoms. The average molecular weight is 335 g/mol. The summed E-state index contributed by atoms with van der Waals surface area (Å²) in [6, 6.07) is 6.09.